The predicted molar refractivity (Wildman–Crippen MR) is 81.5 cm³/mol. The molecule has 0 aliphatic heterocycles. The maximum Gasteiger partial charge on any atom is 0.182 e. The third kappa shape index (κ3) is 3.43. The van der Waals surface area contributed by atoms with Gasteiger partial charge in [0, 0.05) is 5.57 Å². The highest BCUT2D eigenvalue weighted by Crippen LogP contribution is 2.40. The minimum atomic E-state index is 0.359. The molecule has 0 atom stereocenters. The van der Waals surface area contributed by atoms with E-state index >= 15 is 0 Å². The topological polar surface area (TPSA) is 28.1 Å². The molecule has 0 N–H and O–H groups in total. The lowest BCUT2D eigenvalue weighted by atomic mass is 9.75. The smallest absolute Gasteiger partial charge is 0.182 e. The van der Waals surface area contributed by atoms with Crippen LogP contribution in [0.4, 0.5) is 0 Å². The third-order valence-corrected chi connectivity index (χ3v) is 5.34. The number of hydrogen-bond donors (Lipinski definition) is 0. The second-order valence-corrected chi connectivity index (χ2v) is 6.94. The van der Waals surface area contributed by atoms with Crippen LogP contribution in [0.5, 0.6) is 0 Å². The highest BCUT2D eigenvalue weighted by molar-refractivity contribution is 5.35. The van der Waals surface area contributed by atoms with E-state index in [-0.39, 0.29) is 0 Å². The lowest BCUT2D eigenvalue weighted by Gasteiger charge is -2.30. The average molecular weight is 270 g/mol. The molecular weight excluding hydrogens is 244 g/mol. The highest BCUT2D eigenvalue weighted by Gasteiger charge is 2.29. The molecule has 2 saturated carbocycles. The summed E-state index contributed by atoms with van der Waals surface area (Å²) in [6.45, 7) is 12.1. The van der Waals surface area contributed by atoms with Crippen LogP contribution in [0.1, 0.15) is 65.2 Å². The van der Waals surface area contributed by atoms with Gasteiger partial charge < -0.3 is 0 Å². The van der Waals surface area contributed by atoms with E-state index in [1.807, 2.05) is 0 Å². The van der Waals surface area contributed by atoms with E-state index in [4.69, 9.17) is 6.57 Å². The van der Waals surface area contributed by atoms with Crippen molar-refractivity contribution in [2.24, 2.45) is 23.7 Å². The van der Waals surface area contributed by atoms with Crippen LogP contribution < -0.4 is 0 Å². The van der Waals surface area contributed by atoms with Crippen LogP contribution in [0.3, 0.4) is 0 Å². The first kappa shape index (κ1) is 15.1. The van der Waals surface area contributed by atoms with Crippen molar-refractivity contribution < 1.29 is 0 Å². The van der Waals surface area contributed by atoms with Gasteiger partial charge in [0.1, 0.15) is 0 Å². The van der Waals surface area contributed by atoms with Crippen molar-refractivity contribution in [1.29, 1.82) is 5.26 Å². The molecule has 0 aromatic heterocycles. The molecule has 2 aliphatic rings. The maximum atomic E-state index is 9.58. The van der Waals surface area contributed by atoms with Crippen molar-refractivity contribution in [2.75, 3.05) is 0 Å². The molecule has 2 fully saturated rings. The van der Waals surface area contributed by atoms with E-state index in [2.05, 4.69) is 24.8 Å². The van der Waals surface area contributed by atoms with Gasteiger partial charge in [-0.1, -0.05) is 52.4 Å². The summed E-state index contributed by atoms with van der Waals surface area (Å²) in [6.07, 6.45) is 9.26. The van der Waals surface area contributed by atoms with Crippen molar-refractivity contribution in [1.82, 2.24) is 0 Å². The highest BCUT2D eigenvalue weighted by atomic mass is 14.7. The van der Waals surface area contributed by atoms with E-state index in [0.29, 0.717) is 11.8 Å². The number of allylic oxidation sites excluding steroid dienone is 2. The Labute approximate surface area is 123 Å². The molecule has 108 valence electrons. The monoisotopic (exact) mass is 270 g/mol. The normalized spacial score (nSPS) is 35.6. The summed E-state index contributed by atoms with van der Waals surface area (Å²) in [5, 5.41) is 9.58. The van der Waals surface area contributed by atoms with Gasteiger partial charge in [-0.15, -0.1) is 0 Å². The summed E-state index contributed by atoms with van der Waals surface area (Å²) in [6, 6.07) is 2.41. The summed E-state index contributed by atoms with van der Waals surface area (Å²) in [5.74, 6) is 2.30. The Morgan fingerprint density at radius 1 is 0.900 bits per heavy atom. The van der Waals surface area contributed by atoms with E-state index < -0.39 is 0 Å². The van der Waals surface area contributed by atoms with Gasteiger partial charge >= 0.3 is 0 Å². The Morgan fingerprint density at radius 3 is 1.75 bits per heavy atom. The van der Waals surface area contributed by atoms with E-state index in [9.17, 15) is 5.26 Å². The summed E-state index contributed by atoms with van der Waals surface area (Å²) in [4.78, 5) is 3.81. The van der Waals surface area contributed by atoms with Gasteiger partial charge in [-0.05, 0) is 36.5 Å². The van der Waals surface area contributed by atoms with Gasteiger partial charge in [0.15, 0.2) is 5.70 Å². The van der Waals surface area contributed by atoms with Crippen molar-refractivity contribution in [3.05, 3.63) is 22.7 Å². The van der Waals surface area contributed by atoms with Crippen LogP contribution in [-0.2, 0) is 0 Å². The van der Waals surface area contributed by atoms with Crippen LogP contribution in [0.25, 0.3) is 4.85 Å². The van der Waals surface area contributed by atoms with Gasteiger partial charge in [0.25, 0.3) is 0 Å². The molecular formula is C18H26N2. The SMILES string of the molecule is [C-]#[N+]/C(=C(/C#N)C1CCC(C)CC1)C1CCC(C)CC1. The van der Waals surface area contributed by atoms with Crippen molar-refractivity contribution in [2.45, 2.75) is 65.2 Å². The average Bonchev–Trinajstić information content (AvgIpc) is 2.47. The maximum absolute atomic E-state index is 9.58. The molecule has 20 heavy (non-hydrogen) atoms. The lowest BCUT2D eigenvalue weighted by Crippen LogP contribution is -2.19. The first-order chi connectivity index (χ1) is 9.65. The molecule has 0 bridgehead atoms. The Kier molecular flexibility index (Phi) is 5.24. The summed E-state index contributed by atoms with van der Waals surface area (Å²) in [7, 11) is 0. The van der Waals surface area contributed by atoms with Crippen LogP contribution in [-0.4, -0.2) is 0 Å². The fourth-order valence-corrected chi connectivity index (χ4v) is 3.81. The van der Waals surface area contributed by atoms with Crippen LogP contribution in [0.2, 0.25) is 0 Å². The zero-order chi connectivity index (χ0) is 14.5. The number of rotatable bonds is 2. The molecule has 2 rings (SSSR count). The molecule has 0 amide bonds. The molecule has 0 saturated heterocycles. The van der Waals surface area contributed by atoms with E-state index in [1.54, 1.807) is 0 Å². The lowest BCUT2D eigenvalue weighted by molar-refractivity contribution is 0.307. The molecule has 0 aromatic carbocycles. The minimum absolute atomic E-state index is 0.359. The molecule has 0 spiro atoms. The van der Waals surface area contributed by atoms with Crippen LogP contribution >= 0.6 is 0 Å². The second kappa shape index (κ2) is 6.94. The molecule has 0 aromatic rings. The summed E-state index contributed by atoms with van der Waals surface area (Å²) >= 11 is 0. The van der Waals surface area contributed by atoms with Crippen LogP contribution in [0, 0.1) is 41.6 Å². The van der Waals surface area contributed by atoms with Gasteiger partial charge in [0.2, 0.25) is 0 Å². The Morgan fingerprint density at radius 2 is 1.35 bits per heavy atom. The summed E-state index contributed by atoms with van der Waals surface area (Å²) < 4.78 is 0. The first-order valence-electron chi connectivity index (χ1n) is 8.17. The minimum Gasteiger partial charge on any atom is -0.241 e. The Balaban J connectivity index is 2.16. The molecule has 0 heterocycles. The largest absolute Gasteiger partial charge is 0.241 e. The summed E-state index contributed by atoms with van der Waals surface area (Å²) in [5.41, 5.74) is 1.66. The molecule has 2 heteroatoms. The van der Waals surface area contributed by atoms with Crippen molar-refractivity contribution in [3.8, 4) is 6.07 Å². The fraction of sp³-hybridized carbons (Fsp3) is 0.778. The van der Waals surface area contributed by atoms with E-state index in [1.165, 1.54) is 25.7 Å². The fourth-order valence-electron chi connectivity index (χ4n) is 3.81. The standard InChI is InChI=1S/C18H26N2/c1-13-4-8-15(9-5-13)17(12-19)18(20-3)16-10-6-14(2)7-11-16/h13-16H,4-11H2,1-2H3/b18-17-. The number of hydrogen-bond acceptors (Lipinski definition) is 1. The molecule has 0 unspecified atom stereocenters. The number of nitrogens with zero attached hydrogens (tertiary/aromatic N) is 2. The van der Waals surface area contributed by atoms with Crippen molar-refractivity contribution >= 4 is 0 Å². The van der Waals surface area contributed by atoms with E-state index in [0.717, 1.165) is 48.8 Å². The molecule has 2 nitrogen and oxygen atoms in total. The zero-order valence-electron chi connectivity index (χ0n) is 12.9. The van der Waals surface area contributed by atoms with Gasteiger partial charge in [-0.3, -0.25) is 0 Å². The van der Waals surface area contributed by atoms with Gasteiger partial charge in [-0.25, -0.2) is 4.85 Å². The third-order valence-electron chi connectivity index (χ3n) is 5.34. The Hall–Kier alpha value is -1.28. The van der Waals surface area contributed by atoms with Gasteiger partial charge in [-0.2, -0.15) is 5.26 Å². The van der Waals surface area contributed by atoms with Crippen LogP contribution in [0.15, 0.2) is 11.3 Å². The molecule has 0 radical (unpaired) electrons. The van der Waals surface area contributed by atoms with Crippen molar-refractivity contribution in [3.63, 3.8) is 0 Å². The second-order valence-electron chi connectivity index (χ2n) is 6.94. The number of nitriles is 1. The molecule has 2 aliphatic carbocycles. The van der Waals surface area contributed by atoms with Gasteiger partial charge in [0.05, 0.1) is 12.6 Å². The predicted octanol–water partition coefficient (Wildman–Crippen LogP) is 5.34. The quantitative estimate of drug-likeness (QED) is 0.492. The first-order valence-corrected chi connectivity index (χ1v) is 8.17. The zero-order valence-corrected chi connectivity index (χ0v) is 12.9. The Bertz CT molecular complexity index is 391.